The van der Waals surface area contributed by atoms with Gasteiger partial charge in [-0.1, -0.05) is 17.8 Å². The van der Waals surface area contributed by atoms with Gasteiger partial charge >= 0.3 is 0 Å². The molecule has 0 saturated carbocycles. The van der Waals surface area contributed by atoms with Crippen LogP contribution in [0.15, 0.2) is 41.6 Å². The molecule has 3 rings (SSSR count). The first kappa shape index (κ1) is 19.9. The minimum Gasteiger partial charge on any atom is -0.494 e. The van der Waals surface area contributed by atoms with Gasteiger partial charge in [-0.3, -0.25) is 9.89 Å². The second-order valence-corrected chi connectivity index (χ2v) is 7.54. The zero-order valence-electron chi connectivity index (χ0n) is 16.5. The fourth-order valence-corrected chi connectivity index (χ4v) is 3.53. The van der Waals surface area contributed by atoms with E-state index in [1.54, 1.807) is 0 Å². The highest BCUT2D eigenvalue weighted by atomic mass is 32.2. The molecule has 2 N–H and O–H groups in total. The third-order valence-corrected chi connectivity index (χ3v) is 4.90. The van der Waals surface area contributed by atoms with E-state index in [1.165, 1.54) is 11.8 Å². The zero-order chi connectivity index (χ0) is 20.1. The van der Waals surface area contributed by atoms with Crippen LogP contribution >= 0.6 is 11.8 Å². The van der Waals surface area contributed by atoms with Gasteiger partial charge < -0.3 is 10.1 Å². The van der Waals surface area contributed by atoms with E-state index in [2.05, 4.69) is 26.6 Å². The SMILES string of the molecule is CCOc1ccc(-c2nc(SCC(=O)Nc3cc(C)cc(C)c3)n[nH]2)cc1C. The van der Waals surface area contributed by atoms with Gasteiger partial charge in [-0.15, -0.1) is 5.10 Å². The van der Waals surface area contributed by atoms with E-state index in [-0.39, 0.29) is 11.7 Å². The summed E-state index contributed by atoms with van der Waals surface area (Å²) < 4.78 is 5.57. The fourth-order valence-electron chi connectivity index (χ4n) is 2.93. The lowest BCUT2D eigenvalue weighted by Crippen LogP contribution is -2.14. The van der Waals surface area contributed by atoms with Gasteiger partial charge in [-0.05, 0) is 74.7 Å². The number of thioether (sulfide) groups is 1. The van der Waals surface area contributed by atoms with Crippen LogP contribution in [0.5, 0.6) is 5.75 Å². The Labute approximate surface area is 169 Å². The molecule has 0 spiro atoms. The number of anilines is 1. The molecule has 28 heavy (non-hydrogen) atoms. The molecular formula is C21H24N4O2S. The molecule has 0 bridgehead atoms. The maximum Gasteiger partial charge on any atom is 0.234 e. The van der Waals surface area contributed by atoms with Gasteiger partial charge in [0.2, 0.25) is 11.1 Å². The standard InChI is InChI=1S/C21H24N4O2S/c1-5-27-18-7-6-16(11-15(18)4)20-23-21(25-24-20)28-12-19(26)22-17-9-13(2)8-14(3)10-17/h6-11H,5,12H2,1-4H3,(H,22,26)(H,23,24,25). The van der Waals surface area contributed by atoms with Crippen molar-refractivity contribution in [2.75, 3.05) is 17.7 Å². The predicted molar refractivity (Wildman–Crippen MR) is 113 cm³/mol. The van der Waals surface area contributed by atoms with Gasteiger partial charge in [0.25, 0.3) is 0 Å². The molecule has 7 heteroatoms. The molecule has 2 aromatic carbocycles. The van der Waals surface area contributed by atoms with Gasteiger partial charge in [0.1, 0.15) is 5.75 Å². The molecule has 0 unspecified atom stereocenters. The monoisotopic (exact) mass is 396 g/mol. The molecule has 0 aliphatic heterocycles. The van der Waals surface area contributed by atoms with Crippen LogP contribution < -0.4 is 10.1 Å². The third kappa shape index (κ3) is 5.13. The highest BCUT2D eigenvalue weighted by molar-refractivity contribution is 7.99. The van der Waals surface area contributed by atoms with Gasteiger partial charge in [-0.25, -0.2) is 4.98 Å². The molecule has 0 aliphatic rings. The number of H-pyrrole nitrogens is 1. The summed E-state index contributed by atoms with van der Waals surface area (Å²) in [7, 11) is 0. The highest BCUT2D eigenvalue weighted by Crippen LogP contribution is 2.25. The number of ether oxygens (including phenoxy) is 1. The minimum absolute atomic E-state index is 0.0849. The first-order valence-electron chi connectivity index (χ1n) is 9.11. The van der Waals surface area contributed by atoms with Crippen molar-refractivity contribution < 1.29 is 9.53 Å². The summed E-state index contributed by atoms with van der Waals surface area (Å²) in [6.07, 6.45) is 0. The number of rotatable bonds is 7. The van der Waals surface area contributed by atoms with E-state index in [0.29, 0.717) is 17.6 Å². The summed E-state index contributed by atoms with van der Waals surface area (Å²) in [5, 5.41) is 10.6. The number of carbonyl (C=O) groups excluding carboxylic acids is 1. The van der Waals surface area contributed by atoms with Crippen molar-refractivity contribution in [2.45, 2.75) is 32.9 Å². The molecule has 6 nitrogen and oxygen atoms in total. The predicted octanol–water partition coefficient (Wildman–Crippen LogP) is 4.53. The van der Waals surface area contributed by atoms with Crippen LogP contribution in [-0.2, 0) is 4.79 Å². The summed E-state index contributed by atoms with van der Waals surface area (Å²) in [6.45, 7) is 8.61. The first-order valence-corrected chi connectivity index (χ1v) is 10.1. The lowest BCUT2D eigenvalue weighted by atomic mass is 10.1. The van der Waals surface area contributed by atoms with Crippen molar-refractivity contribution in [1.29, 1.82) is 0 Å². The molecule has 146 valence electrons. The van der Waals surface area contributed by atoms with Crippen LogP contribution in [0.25, 0.3) is 11.4 Å². The molecule has 3 aromatic rings. The van der Waals surface area contributed by atoms with Gasteiger partial charge in [0, 0.05) is 11.3 Å². The van der Waals surface area contributed by atoms with Crippen molar-refractivity contribution in [3.8, 4) is 17.1 Å². The Morgan fingerprint density at radius 1 is 1.14 bits per heavy atom. The number of benzene rings is 2. The number of amides is 1. The normalized spacial score (nSPS) is 10.7. The Bertz CT molecular complexity index is 964. The Balaban J connectivity index is 1.60. The number of nitrogens with zero attached hydrogens (tertiary/aromatic N) is 2. The number of carbonyl (C=O) groups is 1. The molecule has 0 fully saturated rings. The lowest BCUT2D eigenvalue weighted by molar-refractivity contribution is -0.113. The van der Waals surface area contributed by atoms with Gasteiger partial charge in [0.15, 0.2) is 5.82 Å². The summed E-state index contributed by atoms with van der Waals surface area (Å²) in [5.74, 6) is 1.69. The molecule has 1 amide bonds. The summed E-state index contributed by atoms with van der Waals surface area (Å²) in [4.78, 5) is 16.7. The van der Waals surface area contributed by atoms with Crippen LogP contribution in [0.1, 0.15) is 23.6 Å². The van der Waals surface area contributed by atoms with Crippen molar-refractivity contribution in [3.05, 3.63) is 53.1 Å². The number of hydrogen-bond acceptors (Lipinski definition) is 5. The fraction of sp³-hybridized carbons (Fsp3) is 0.286. The maximum absolute atomic E-state index is 12.2. The van der Waals surface area contributed by atoms with E-state index in [1.807, 2.05) is 58.0 Å². The van der Waals surface area contributed by atoms with E-state index in [9.17, 15) is 4.79 Å². The number of nitrogens with one attached hydrogen (secondary N) is 2. The number of aryl methyl sites for hydroxylation is 3. The van der Waals surface area contributed by atoms with E-state index in [4.69, 9.17) is 4.74 Å². The van der Waals surface area contributed by atoms with Gasteiger partial charge in [0.05, 0.1) is 12.4 Å². The molecule has 1 aromatic heterocycles. The van der Waals surface area contributed by atoms with Gasteiger partial charge in [-0.2, -0.15) is 0 Å². The number of aromatic nitrogens is 3. The Kier molecular flexibility index (Phi) is 6.36. The largest absolute Gasteiger partial charge is 0.494 e. The summed E-state index contributed by atoms with van der Waals surface area (Å²) in [6, 6.07) is 11.9. The maximum atomic E-state index is 12.2. The first-order chi connectivity index (χ1) is 13.4. The second-order valence-electron chi connectivity index (χ2n) is 6.59. The second kappa shape index (κ2) is 8.93. The van der Waals surface area contributed by atoms with Crippen LogP contribution in [0.3, 0.4) is 0 Å². The van der Waals surface area contributed by atoms with Crippen molar-refractivity contribution in [1.82, 2.24) is 15.2 Å². The summed E-state index contributed by atoms with van der Waals surface area (Å²) in [5.41, 5.74) is 5.01. The van der Waals surface area contributed by atoms with Crippen molar-refractivity contribution >= 4 is 23.4 Å². The van der Waals surface area contributed by atoms with Crippen LogP contribution in [0.2, 0.25) is 0 Å². The average molecular weight is 397 g/mol. The van der Waals surface area contributed by atoms with Crippen LogP contribution in [0, 0.1) is 20.8 Å². The van der Waals surface area contributed by atoms with E-state index in [0.717, 1.165) is 33.7 Å². The molecule has 1 heterocycles. The summed E-state index contributed by atoms with van der Waals surface area (Å²) >= 11 is 1.30. The highest BCUT2D eigenvalue weighted by Gasteiger charge is 2.11. The molecule has 0 saturated heterocycles. The molecule has 0 atom stereocenters. The molecular weight excluding hydrogens is 372 g/mol. The quantitative estimate of drug-likeness (QED) is 0.574. The van der Waals surface area contributed by atoms with E-state index < -0.39 is 0 Å². The van der Waals surface area contributed by atoms with Crippen LogP contribution in [-0.4, -0.2) is 33.4 Å². The molecule has 0 radical (unpaired) electrons. The Morgan fingerprint density at radius 2 is 1.89 bits per heavy atom. The minimum atomic E-state index is -0.0849. The van der Waals surface area contributed by atoms with E-state index >= 15 is 0 Å². The van der Waals surface area contributed by atoms with Crippen LogP contribution in [0.4, 0.5) is 5.69 Å². The topological polar surface area (TPSA) is 79.9 Å². The average Bonchev–Trinajstić information content (AvgIpc) is 3.10. The zero-order valence-corrected chi connectivity index (χ0v) is 17.3. The lowest BCUT2D eigenvalue weighted by Gasteiger charge is -2.07. The molecule has 0 aliphatic carbocycles. The third-order valence-electron chi connectivity index (χ3n) is 4.05. The number of hydrogen-bond donors (Lipinski definition) is 2. The number of aromatic amines is 1. The smallest absolute Gasteiger partial charge is 0.234 e. The van der Waals surface area contributed by atoms with Crippen molar-refractivity contribution in [2.24, 2.45) is 0 Å². The Hall–Kier alpha value is -2.80. The van der Waals surface area contributed by atoms with Crippen molar-refractivity contribution in [3.63, 3.8) is 0 Å². The Morgan fingerprint density at radius 3 is 2.57 bits per heavy atom.